The van der Waals surface area contributed by atoms with Crippen LogP contribution in [-0.4, -0.2) is 37.7 Å². The Morgan fingerprint density at radius 3 is 0.839 bits per heavy atom. The lowest BCUT2D eigenvalue weighted by molar-refractivity contribution is 0.239. The topological polar surface area (TPSA) is 151 Å². The lowest BCUT2D eigenvalue weighted by Crippen LogP contribution is -2.35. The van der Waals surface area contributed by atoms with Crippen LogP contribution >= 0.6 is 0 Å². The number of nitrogens with one attached hydrogen (secondary N) is 6. The summed E-state index contributed by atoms with van der Waals surface area (Å²) >= 11 is 0. The van der Waals surface area contributed by atoms with E-state index in [1.807, 2.05) is 91.0 Å². The van der Waals surface area contributed by atoms with Gasteiger partial charge in [0.25, 0.3) is 0 Å². The molecule has 12 nitrogen and oxygen atoms in total. The predicted molar refractivity (Wildman–Crippen MR) is 356 cm³/mol. The number of benzene rings is 7. The van der Waals surface area contributed by atoms with E-state index in [4.69, 9.17) is 14.2 Å². The Morgan fingerprint density at radius 1 is 0.276 bits per heavy atom. The van der Waals surface area contributed by atoms with Gasteiger partial charge in [-0.15, -0.1) is 0 Å². The number of carbonyl (C=O) groups is 3. The Labute approximate surface area is 519 Å². The molecule has 0 atom stereocenters. The molecule has 0 fully saturated rings. The summed E-state index contributed by atoms with van der Waals surface area (Å²) in [4.78, 5) is 37.7. The van der Waals surface area contributed by atoms with Crippen LogP contribution in [0.15, 0.2) is 164 Å². The highest BCUT2D eigenvalue weighted by Crippen LogP contribution is 2.36. The number of carbonyl (C=O) groups excluding carboxylic acids is 3. The fourth-order valence-corrected chi connectivity index (χ4v) is 10.5. The first-order valence-corrected chi connectivity index (χ1v) is 32.4. The summed E-state index contributed by atoms with van der Waals surface area (Å²) < 4.78 is 19.4. The first-order chi connectivity index (χ1) is 42.7. The van der Waals surface area contributed by atoms with Gasteiger partial charge in [-0.3, -0.25) is 0 Å². The SMILES string of the molecule is CCCCCCCCNC(=O)NCc1cccc(COc2cccc(-c3cc(-c4cccc(OCc5cccc(CNC(=O)NCCCCCCCC)c5)c4)cc(-c4cccc(OCc5cccc(CNC(=O)NCCCCCCCC)c5)c4)c3)c2)c1. The van der Waals surface area contributed by atoms with Crippen molar-refractivity contribution in [2.75, 3.05) is 19.6 Å². The third-order valence-corrected chi connectivity index (χ3v) is 15.4. The van der Waals surface area contributed by atoms with Crippen LogP contribution in [0.1, 0.15) is 170 Å². The van der Waals surface area contributed by atoms with Crippen molar-refractivity contribution >= 4 is 18.1 Å². The van der Waals surface area contributed by atoms with Crippen molar-refractivity contribution in [3.63, 3.8) is 0 Å². The quantitative estimate of drug-likeness (QED) is 0.0211. The Balaban J connectivity index is 1.02. The van der Waals surface area contributed by atoms with Crippen molar-refractivity contribution in [3.8, 4) is 50.6 Å². The summed E-state index contributed by atoms with van der Waals surface area (Å²) in [6.07, 6.45) is 21.3. The Bertz CT molecular complexity index is 2820. The summed E-state index contributed by atoms with van der Waals surface area (Å²) in [6, 6.07) is 55.2. The number of amides is 6. The zero-order valence-corrected chi connectivity index (χ0v) is 52.1. The van der Waals surface area contributed by atoms with Crippen LogP contribution in [0.4, 0.5) is 14.4 Å². The minimum Gasteiger partial charge on any atom is -0.489 e. The van der Waals surface area contributed by atoms with Gasteiger partial charge in [0.1, 0.15) is 37.1 Å². The van der Waals surface area contributed by atoms with Gasteiger partial charge in [-0.25, -0.2) is 14.4 Å². The molecule has 462 valence electrons. The number of hydrogen-bond acceptors (Lipinski definition) is 6. The van der Waals surface area contributed by atoms with Crippen LogP contribution in [0.25, 0.3) is 33.4 Å². The van der Waals surface area contributed by atoms with E-state index in [-0.39, 0.29) is 18.1 Å². The van der Waals surface area contributed by atoms with Crippen LogP contribution in [-0.2, 0) is 39.5 Å². The van der Waals surface area contributed by atoms with Gasteiger partial charge >= 0.3 is 18.1 Å². The number of hydrogen-bond donors (Lipinski definition) is 6. The second-order valence-electron chi connectivity index (χ2n) is 22.8. The average molecular weight is 1180 g/mol. The standard InChI is InChI=1S/C75H96N6O6/c1-4-7-10-13-16-19-40-76-73(82)79-52-58-28-22-31-61(43-58)55-85-70-37-25-34-64(49-70)67-46-68(65-35-26-38-71(50-65)86-56-62-32-23-29-59(44-62)53-80-74(83)77-41-20-17-14-11-8-5-2)48-69(47-67)66-36-27-39-72(51-66)87-57-63-33-24-30-60(45-63)54-81-75(84)78-42-21-18-15-12-9-6-3/h22-39,43-51H,4-21,40-42,52-57H2,1-3H3,(H2,76,79,82)(H2,77,80,83)(H2,78,81,84). The van der Waals surface area contributed by atoms with Gasteiger partial charge in [-0.1, -0.05) is 226 Å². The number of urea groups is 3. The Hall–Kier alpha value is -8.25. The molecule has 6 N–H and O–H groups in total. The maximum Gasteiger partial charge on any atom is 0.315 e. The number of ether oxygens (including phenoxy) is 3. The summed E-state index contributed by atoms with van der Waals surface area (Å²) in [5.41, 5.74) is 12.0. The van der Waals surface area contributed by atoms with Crippen molar-refractivity contribution in [2.45, 2.75) is 176 Å². The lowest BCUT2D eigenvalue weighted by atomic mass is 9.93. The summed E-state index contributed by atoms with van der Waals surface area (Å²) in [7, 11) is 0. The molecule has 0 aliphatic carbocycles. The van der Waals surface area contributed by atoms with Crippen molar-refractivity contribution in [1.82, 2.24) is 31.9 Å². The van der Waals surface area contributed by atoms with E-state index in [1.54, 1.807) is 0 Å². The molecule has 87 heavy (non-hydrogen) atoms. The second kappa shape index (κ2) is 38.7. The second-order valence-corrected chi connectivity index (χ2v) is 22.8. The molecule has 7 rings (SSSR count). The van der Waals surface area contributed by atoms with E-state index >= 15 is 0 Å². The normalized spacial score (nSPS) is 10.9. The van der Waals surface area contributed by atoms with Gasteiger partial charge < -0.3 is 46.1 Å². The van der Waals surface area contributed by atoms with E-state index < -0.39 is 0 Å². The van der Waals surface area contributed by atoms with Crippen LogP contribution in [0.5, 0.6) is 17.2 Å². The largest absolute Gasteiger partial charge is 0.489 e. The molecule has 0 spiro atoms. The fourth-order valence-electron chi connectivity index (χ4n) is 10.5. The molecule has 0 unspecified atom stereocenters. The first kappa shape index (κ1) is 66.3. The van der Waals surface area contributed by atoms with Crippen LogP contribution in [0.3, 0.4) is 0 Å². The van der Waals surface area contributed by atoms with Crippen LogP contribution < -0.4 is 46.1 Å². The van der Waals surface area contributed by atoms with Crippen molar-refractivity contribution in [3.05, 3.63) is 197 Å². The van der Waals surface area contributed by atoms with Crippen LogP contribution in [0.2, 0.25) is 0 Å². The average Bonchev–Trinajstić information content (AvgIpc) is 3.73. The van der Waals surface area contributed by atoms with E-state index in [2.05, 4.69) is 125 Å². The minimum atomic E-state index is -0.149. The molecule has 0 bridgehead atoms. The summed E-state index contributed by atoms with van der Waals surface area (Å²) in [5.74, 6) is 2.21. The van der Waals surface area contributed by atoms with E-state index in [9.17, 15) is 14.4 Å². The highest BCUT2D eigenvalue weighted by Gasteiger charge is 2.13. The molecule has 7 aromatic rings. The van der Waals surface area contributed by atoms with E-state index in [0.717, 1.165) is 123 Å². The summed E-state index contributed by atoms with van der Waals surface area (Å²) in [6.45, 7) is 11.1. The molecule has 0 saturated carbocycles. The van der Waals surface area contributed by atoms with Gasteiger partial charge in [-0.05, 0) is 141 Å². The molecule has 7 aromatic carbocycles. The zero-order valence-electron chi connectivity index (χ0n) is 52.1. The lowest BCUT2D eigenvalue weighted by Gasteiger charge is -2.15. The van der Waals surface area contributed by atoms with Crippen molar-refractivity contribution in [1.29, 1.82) is 0 Å². The monoisotopic (exact) mass is 1180 g/mol. The first-order valence-electron chi connectivity index (χ1n) is 32.4. The van der Waals surface area contributed by atoms with E-state index in [1.165, 1.54) is 77.0 Å². The Kier molecular flexibility index (Phi) is 29.5. The van der Waals surface area contributed by atoms with Gasteiger partial charge in [0.2, 0.25) is 0 Å². The number of unbranched alkanes of at least 4 members (excludes halogenated alkanes) is 15. The molecule has 0 radical (unpaired) electrons. The smallest absolute Gasteiger partial charge is 0.315 e. The zero-order chi connectivity index (χ0) is 60.9. The summed E-state index contributed by atoms with van der Waals surface area (Å²) in [5, 5.41) is 18.0. The highest BCUT2D eigenvalue weighted by atomic mass is 16.5. The van der Waals surface area contributed by atoms with Gasteiger partial charge in [0.05, 0.1) is 0 Å². The number of rotatable bonds is 39. The molecule has 0 heterocycles. The molecule has 6 amide bonds. The predicted octanol–water partition coefficient (Wildman–Crippen LogP) is 17.9. The maximum absolute atomic E-state index is 12.6. The maximum atomic E-state index is 12.6. The molecular formula is C75H96N6O6. The van der Waals surface area contributed by atoms with Crippen LogP contribution in [0, 0.1) is 0 Å². The minimum absolute atomic E-state index is 0.149. The fraction of sp³-hybridized carbons (Fsp3) is 0.400. The third kappa shape index (κ3) is 25.3. The third-order valence-electron chi connectivity index (χ3n) is 15.4. The van der Waals surface area contributed by atoms with Crippen molar-refractivity contribution < 1.29 is 28.6 Å². The van der Waals surface area contributed by atoms with Crippen molar-refractivity contribution in [2.24, 2.45) is 0 Å². The highest BCUT2D eigenvalue weighted by molar-refractivity contribution is 5.82. The molecule has 0 aliphatic heterocycles. The molecule has 0 saturated heterocycles. The Morgan fingerprint density at radius 2 is 0.540 bits per heavy atom. The molecular weight excluding hydrogens is 1080 g/mol. The van der Waals surface area contributed by atoms with Gasteiger partial charge in [0.15, 0.2) is 0 Å². The molecule has 0 aromatic heterocycles. The van der Waals surface area contributed by atoms with Gasteiger partial charge in [-0.2, -0.15) is 0 Å². The molecule has 0 aliphatic rings. The van der Waals surface area contributed by atoms with Gasteiger partial charge in [0, 0.05) is 39.3 Å². The van der Waals surface area contributed by atoms with E-state index in [0.29, 0.717) is 59.1 Å². The molecule has 12 heteroatoms.